The molecule has 20 heavy (non-hydrogen) atoms. The molecule has 0 bridgehead atoms. The van der Waals surface area contributed by atoms with Crippen molar-refractivity contribution in [2.24, 2.45) is 11.3 Å². The maximum Gasteiger partial charge on any atom is 0.340 e. The van der Waals surface area contributed by atoms with Gasteiger partial charge in [0.2, 0.25) is 0 Å². The average Bonchev–Trinajstić information content (AvgIpc) is 2.96. The molecule has 0 aliphatic heterocycles. The van der Waals surface area contributed by atoms with Gasteiger partial charge in [0.05, 0.1) is 17.9 Å². The van der Waals surface area contributed by atoms with Gasteiger partial charge in [-0.3, -0.25) is 0 Å². The molecule has 0 radical (unpaired) electrons. The lowest BCUT2D eigenvalue weighted by atomic mass is 10.1. The van der Waals surface area contributed by atoms with E-state index >= 15 is 0 Å². The molecule has 0 amide bonds. The monoisotopic (exact) mass is 280 g/mol. The zero-order valence-corrected chi connectivity index (χ0v) is 12.1. The van der Waals surface area contributed by atoms with Crippen molar-refractivity contribution in [2.45, 2.75) is 27.2 Å². The molecule has 0 aromatic heterocycles. The minimum atomic E-state index is -0.528. The fourth-order valence-corrected chi connectivity index (χ4v) is 2.27. The minimum absolute atomic E-state index is 0.0956. The van der Waals surface area contributed by atoms with Crippen molar-refractivity contribution >= 4 is 17.3 Å². The van der Waals surface area contributed by atoms with Gasteiger partial charge in [0, 0.05) is 12.2 Å². The van der Waals surface area contributed by atoms with E-state index < -0.39 is 11.8 Å². The van der Waals surface area contributed by atoms with Crippen LogP contribution < -0.4 is 11.1 Å². The Bertz CT molecular complexity index is 529. The highest BCUT2D eigenvalue weighted by molar-refractivity contribution is 5.96. The molecule has 110 valence electrons. The summed E-state index contributed by atoms with van der Waals surface area (Å²) in [5, 5.41) is 3.06. The molecule has 5 heteroatoms. The van der Waals surface area contributed by atoms with Crippen LogP contribution in [0.15, 0.2) is 12.1 Å². The van der Waals surface area contributed by atoms with Gasteiger partial charge < -0.3 is 15.8 Å². The molecule has 1 aliphatic carbocycles. The number of halogens is 1. The molecule has 0 heterocycles. The third-order valence-electron chi connectivity index (χ3n) is 3.89. The van der Waals surface area contributed by atoms with Gasteiger partial charge >= 0.3 is 5.97 Å². The Morgan fingerprint density at radius 1 is 1.55 bits per heavy atom. The number of carbonyl (C=O) groups excluding carboxylic acids is 1. The van der Waals surface area contributed by atoms with E-state index in [1.165, 1.54) is 6.07 Å². The number of hydrogen-bond donors (Lipinski definition) is 2. The first kappa shape index (κ1) is 14.6. The summed E-state index contributed by atoms with van der Waals surface area (Å²) in [5.74, 6) is -0.445. The number of nitrogens with two attached hydrogens (primary N) is 1. The predicted octanol–water partition coefficient (Wildman–Crippen LogP) is 3.04. The van der Waals surface area contributed by atoms with Crippen LogP contribution in [0.1, 0.15) is 37.6 Å². The topological polar surface area (TPSA) is 64.3 Å². The Morgan fingerprint density at radius 3 is 2.75 bits per heavy atom. The van der Waals surface area contributed by atoms with E-state index in [1.807, 2.05) is 0 Å². The lowest BCUT2D eigenvalue weighted by molar-refractivity contribution is 0.0527. The molecule has 1 aliphatic rings. The maximum absolute atomic E-state index is 13.8. The van der Waals surface area contributed by atoms with Gasteiger partial charge in [0.15, 0.2) is 0 Å². The van der Waals surface area contributed by atoms with E-state index in [1.54, 1.807) is 6.92 Å². The third kappa shape index (κ3) is 3.03. The summed E-state index contributed by atoms with van der Waals surface area (Å²) >= 11 is 0. The normalized spacial score (nSPS) is 19.5. The molecule has 3 N–H and O–H groups in total. The second kappa shape index (κ2) is 5.31. The van der Waals surface area contributed by atoms with Gasteiger partial charge in [-0.25, -0.2) is 9.18 Å². The molecule has 1 aromatic carbocycles. The molecule has 1 saturated carbocycles. The van der Waals surface area contributed by atoms with Crippen LogP contribution in [-0.2, 0) is 4.74 Å². The average molecular weight is 280 g/mol. The van der Waals surface area contributed by atoms with Crippen LogP contribution in [0.3, 0.4) is 0 Å². The molecule has 1 atom stereocenters. The Balaban J connectivity index is 2.12. The number of anilines is 2. The number of benzene rings is 1. The second-order valence-corrected chi connectivity index (χ2v) is 5.91. The van der Waals surface area contributed by atoms with Crippen LogP contribution in [0.5, 0.6) is 0 Å². The van der Waals surface area contributed by atoms with Crippen LogP contribution in [-0.4, -0.2) is 19.1 Å². The van der Waals surface area contributed by atoms with Crippen molar-refractivity contribution in [3.05, 3.63) is 23.5 Å². The van der Waals surface area contributed by atoms with E-state index in [9.17, 15) is 9.18 Å². The first-order valence-corrected chi connectivity index (χ1v) is 6.85. The van der Waals surface area contributed by atoms with Gasteiger partial charge in [-0.15, -0.1) is 0 Å². The molecule has 0 saturated heterocycles. The SMILES string of the molecule is CCOC(=O)c1cc(NCC2CC2(C)C)c(F)cc1N. The third-order valence-corrected chi connectivity index (χ3v) is 3.89. The largest absolute Gasteiger partial charge is 0.462 e. The summed E-state index contributed by atoms with van der Waals surface area (Å²) in [7, 11) is 0. The summed E-state index contributed by atoms with van der Waals surface area (Å²) < 4.78 is 18.8. The first-order chi connectivity index (χ1) is 9.35. The lowest BCUT2D eigenvalue weighted by Crippen LogP contribution is -2.12. The molecule has 1 fully saturated rings. The van der Waals surface area contributed by atoms with Gasteiger partial charge in [-0.2, -0.15) is 0 Å². The number of nitrogen functional groups attached to an aromatic ring is 1. The van der Waals surface area contributed by atoms with Crippen molar-refractivity contribution in [1.82, 2.24) is 0 Å². The standard InChI is InChI=1S/C15H21FN2O2/c1-4-20-14(19)10-5-13(11(16)6-12(10)17)18-8-9-7-15(9,2)3/h5-6,9,18H,4,7-8,17H2,1-3H3. The van der Waals surface area contributed by atoms with Crippen LogP contribution >= 0.6 is 0 Å². The molecular weight excluding hydrogens is 259 g/mol. The van der Waals surface area contributed by atoms with Crippen molar-refractivity contribution < 1.29 is 13.9 Å². The second-order valence-electron chi connectivity index (χ2n) is 5.91. The number of nitrogens with one attached hydrogen (secondary N) is 1. The Kier molecular flexibility index (Phi) is 3.88. The van der Waals surface area contributed by atoms with Crippen LogP contribution in [0.4, 0.5) is 15.8 Å². The molecule has 0 spiro atoms. The number of carbonyl (C=O) groups is 1. The Labute approximate surface area is 118 Å². The van der Waals surface area contributed by atoms with E-state index in [-0.39, 0.29) is 17.9 Å². The quantitative estimate of drug-likeness (QED) is 0.642. The summed E-state index contributed by atoms with van der Waals surface area (Å²) in [6.07, 6.45) is 1.13. The van der Waals surface area contributed by atoms with Gasteiger partial charge in [-0.05, 0) is 36.8 Å². The van der Waals surface area contributed by atoms with E-state index in [2.05, 4.69) is 19.2 Å². The lowest BCUT2D eigenvalue weighted by Gasteiger charge is -2.12. The van der Waals surface area contributed by atoms with Crippen LogP contribution in [0.25, 0.3) is 0 Å². The highest BCUT2D eigenvalue weighted by Crippen LogP contribution is 2.51. The molecular formula is C15H21FN2O2. The minimum Gasteiger partial charge on any atom is -0.462 e. The highest BCUT2D eigenvalue weighted by atomic mass is 19.1. The van der Waals surface area contributed by atoms with Gasteiger partial charge in [0.25, 0.3) is 0 Å². The zero-order chi connectivity index (χ0) is 14.9. The maximum atomic E-state index is 13.8. The van der Waals surface area contributed by atoms with Crippen LogP contribution in [0, 0.1) is 17.2 Å². The van der Waals surface area contributed by atoms with E-state index in [0.717, 1.165) is 12.5 Å². The number of rotatable bonds is 5. The van der Waals surface area contributed by atoms with Crippen LogP contribution in [0.2, 0.25) is 0 Å². The summed E-state index contributed by atoms with van der Waals surface area (Å²) in [6.45, 7) is 7.03. The highest BCUT2D eigenvalue weighted by Gasteiger charge is 2.45. The summed E-state index contributed by atoms with van der Waals surface area (Å²) in [5.41, 5.74) is 6.58. The van der Waals surface area contributed by atoms with E-state index in [0.29, 0.717) is 23.6 Å². The van der Waals surface area contributed by atoms with Crippen molar-refractivity contribution in [2.75, 3.05) is 24.2 Å². The number of hydrogen-bond acceptors (Lipinski definition) is 4. The number of ether oxygens (including phenoxy) is 1. The van der Waals surface area contributed by atoms with Crippen molar-refractivity contribution in [3.63, 3.8) is 0 Å². The Hall–Kier alpha value is -1.78. The van der Waals surface area contributed by atoms with Gasteiger partial charge in [-0.1, -0.05) is 13.8 Å². The van der Waals surface area contributed by atoms with E-state index in [4.69, 9.17) is 10.5 Å². The van der Waals surface area contributed by atoms with Crippen molar-refractivity contribution in [3.8, 4) is 0 Å². The van der Waals surface area contributed by atoms with Gasteiger partial charge in [0.1, 0.15) is 5.82 Å². The van der Waals surface area contributed by atoms with Crippen molar-refractivity contribution in [1.29, 1.82) is 0 Å². The molecule has 2 rings (SSSR count). The molecule has 1 unspecified atom stereocenters. The molecule has 1 aromatic rings. The fourth-order valence-electron chi connectivity index (χ4n) is 2.27. The summed E-state index contributed by atoms with van der Waals surface area (Å²) in [6, 6.07) is 2.59. The Morgan fingerprint density at radius 2 is 2.20 bits per heavy atom. The summed E-state index contributed by atoms with van der Waals surface area (Å²) in [4.78, 5) is 11.7. The first-order valence-electron chi connectivity index (χ1n) is 6.85. The number of esters is 1. The smallest absolute Gasteiger partial charge is 0.340 e. The fraction of sp³-hybridized carbons (Fsp3) is 0.533. The zero-order valence-electron chi connectivity index (χ0n) is 12.1. The predicted molar refractivity (Wildman–Crippen MR) is 77.1 cm³/mol. The molecule has 4 nitrogen and oxygen atoms in total.